The third-order valence-corrected chi connectivity index (χ3v) is 7.06. The molecule has 1 amide bonds. The molecule has 0 aromatic heterocycles. The predicted octanol–water partition coefficient (Wildman–Crippen LogP) is 5.11. The smallest absolute Gasteiger partial charge is 0.339 e. The van der Waals surface area contributed by atoms with Gasteiger partial charge in [-0.15, -0.1) is 0 Å². The van der Waals surface area contributed by atoms with Crippen molar-refractivity contribution in [3.8, 4) is 0 Å². The summed E-state index contributed by atoms with van der Waals surface area (Å²) >= 11 is 9.49. The van der Waals surface area contributed by atoms with Crippen LogP contribution in [0.15, 0.2) is 82.2 Å². The molecule has 0 spiro atoms. The summed E-state index contributed by atoms with van der Waals surface area (Å²) in [6.45, 7) is 1.40. The fourth-order valence-corrected chi connectivity index (χ4v) is 5.04. The molecule has 0 unspecified atom stereocenters. The Morgan fingerprint density at radius 2 is 1.76 bits per heavy atom. The second kappa shape index (κ2) is 10.8. The van der Waals surface area contributed by atoms with Gasteiger partial charge in [-0.1, -0.05) is 51.8 Å². The first-order valence-electron chi connectivity index (χ1n) is 9.82. The number of esters is 1. The lowest BCUT2D eigenvalue weighted by atomic mass is 10.2. The molecule has 1 N–H and O–H groups in total. The Morgan fingerprint density at radius 3 is 2.39 bits per heavy atom. The van der Waals surface area contributed by atoms with Crippen LogP contribution in [0.4, 0.5) is 11.4 Å². The van der Waals surface area contributed by atoms with Crippen molar-refractivity contribution in [3.05, 3.63) is 87.9 Å². The number of ether oxygens (including phenoxy) is 1. The molecule has 0 aliphatic heterocycles. The zero-order chi connectivity index (χ0) is 24.0. The quantitative estimate of drug-likeness (QED) is 0.393. The van der Waals surface area contributed by atoms with E-state index in [9.17, 15) is 18.0 Å². The molecule has 33 heavy (non-hydrogen) atoms. The molecule has 172 valence electrons. The molecular weight excluding hydrogens is 532 g/mol. The SMILES string of the molecule is CCOC(=O)c1ccc(NC(=O)CN(c2cccc(Br)c2)S(=O)(=O)c2ccccc2)cc1Cl. The van der Waals surface area contributed by atoms with E-state index in [1.54, 1.807) is 49.4 Å². The zero-order valence-corrected chi connectivity index (χ0v) is 20.7. The summed E-state index contributed by atoms with van der Waals surface area (Å²) in [5.41, 5.74) is 0.794. The Labute approximate surface area is 205 Å². The van der Waals surface area contributed by atoms with Crippen LogP contribution in [0.1, 0.15) is 17.3 Å². The van der Waals surface area contributed by atoms with Gasteiger partial charge < -0.3 is 10.1 Å². The molecule has 0 aliphatic rings. The van der Waals surface area contributed by atoms with E-state index in [1.165, 1.54) is 30.3 Å². The fraction of sp³-hybridized carbons (Fsp3) is 0.130. The third-order valence-electron chi connectivity index (χ3n) is 4.46. The molecule has 0 saturated carbocycles. The standard InChI is InChI=1S/C23H20BrClN2O5S/c1-2-32-23(29)20-12-11-17(14-21(20)25)26-22(28)15-27(18-8-6-7-16(24)13-18)33(30,31)19-9-4-3-5-10-19/h3-14H,2,15H2,1H3,(H,26,28). The summed E-state index contributed by atoms with van der Waals surface area (Å²) in [5, 5.41) is 2.73. The maximum atomic E-state index is 13.3. The lowest BCUT2D eigenvalue weighted by molar-refractivity contribution is -0.114. The van der Waals surface area contributed by atoms with E-state index in [2.05, 4.69) is 21.2 Å². The second-order valence-corrected chi connectivity index (χ2v) is 9.95. The van der Waals surface area contributed by atoms with Gasteiger partial charge in [0.05, 0.1) is 27.8 Å². The highest BCUT2D eigenvalue weighted by atomic mass is 79.9. The molecule has 3 aromatic carbocycles. The van der Waals surface area contributed by atoms with E-state index < -0.39 is 28.4 Å². The van der Waals surface area contributed by atoms with Crippen molar-refractivity contribution in [2.24, 2.45) is 0 Å². The van der Waals surface area contributed by atoms with Crippen LogP contribution in [0.5, 0.6) is 0 Å². The molecule has 7 nitrogen and oxygen atoms in total. The number of nitrogens with zero attached hydrogens (tertiary/aromatic N) is 1. The average Bonchev–Trinajstić information content (AvgIpc) is 2.78. The van der Waals surface area contributed by atoms with Gasteiger partial charge in [-0.3, -0.25) is 9.10 Å². The van der Waals surface area contributed by atoms with Crippen molar-refractivity contribution in [3.63, 3.8) is 0 Å². The van der Waals surface area contributed by atoms with Gasteiger partial charge in [-0.05, 0) is 55.5 Å². The maximum absolute atomic E-state index is 13.3. The number of carbonyl (C=O) groups excluding carboxylic acids is 2. The first-order chi connectivity index (χ1) is 15.7. The van der Waals surface area contributed by atoms with Crippen LogP contribution in [0.2, 0.25) is 5.02 Å². The molecule has 0 radical (unpaired) electrons. The summed E-state index contributed by atoms with van der Waals surface area (Å²) in [7, 11) is -4.03. The van der Waals surface area contributed by atoms with E-state index in [-0.39, 0.29) is 22.1 Å². The molecule has 0 saturated heterocycles. The normalized spacial score (nSPS) is 11.0. The highest BCUT2D eigenvalue weighted by Gasteiger charge is 2.27. The molecule has 0 fully saturated rings. The van der Waals surface area contributed by atoms with E-state index in [0.29, 0.717) is 15.8 Å². The fourth-order valence-electron chi connectivity index (χ4n) is 2.96. The first kappa shape index (κ1) is 24.8. The molecule has 3 aromatic rings. The number of halogens is 2. The van der Waals surface area contributed by atoms with E-state index in [0.717, 1.165) is 4.31 Å². The van der Waals surface area contributed by atoms with Crippen LogP contribution in [-0.4, -0.2) is 33.4 Å². The van der Waals surface area contributed by atoms with Gasteiger partial charge >= 0.3 is 5.97 Å². The minimum absolute atomic E-state index is 0.0552. The van der Waals surface area contributed by atoms with Crippen LogP contribution in [0, 0.1) is 0 Å². The number of sulfonamides is 1. The Kier molecular flexibility index (Phi) is 8.12. The Morgan fingerprint density at radius 1 is 1.03 bits per heavy atom. The van der Waals surface area contributed by atoms with Crippen molar-refractivity contribution >= 4 is 60.8 Å². The number of hydrogen-bond donors (Lipinski definition) is 1. The molecular formula is C23H20BrClN2O5S. The van der Waals surface area contributed by atoms with Gasteiger partial charge in [0.1, 0.15) is 6.54 Å². The summed E-state index contributed by atoms with van der Waals surface area (Å²) < 4.78 is 33.3. The largest absolute Gasteiger partial charge is 0.462 e. The van der Waals surface area contributed by atoms with Gasteiger partial charge in [0.15, 0.2) is 0 Å². The molecule has 0 aliphatic carbocycles. The van der Waals surface area contributed by atoms with Crippen LogP contribution in [0.25, 0.3) is 0 Å². The van der Waals surface area contributed by atoms with Gasteiger partial charge in [-0.25, -0.2) is 13.2 Å². The summed E-state index contributed by atoms with van der Waals surface area (Å²) in [4.78, 5) is 24.8. The summed E-state index contributed by atoms with van der Waals surface area (Å²) in [6.07, 6.45) is 0. The highest BCUT2D eigenvalue weighted by Crippen LogP contribution is 2.27. The number of carbonyl (C=O) groups is 2. The number of nitrogens with one attached hydrogen (secondary N) is 1. The topological polar surface area (TPSA) is 92.8 Å². The molecule has 3 rings (SSSR count). The Balaban J connectivity index is 1.87. The van der Waals surface area contributed by atoms with Gasteiger partial charge in [0, 0.05) is 10.2 Å². The maximum Gasteiger partial charge on any atom is 0.339 e. The second-order valence-electron chi connectivity index (χ2n) is 6.77. The van der Waals surface area contributed by atoms with Crippen molar-refractivity contribution in [1.82, 2.24) is 0 Å². The predicted molar refractivity (Wildman–Crippen MR) is 131 cm³/mol. The van der Waals surface area contributed by atoms with Crippen molar-refractivity contribution < 1.29 is 22.7 Å². The van der Waals surface area contributed by atoms with Gasteiger partial charge in [-0.2, -0.15) is 0 Å². The van der Waals surface area contributed by atoms with Crippen LogP contribution >= 0.6 is 27.5 Å². The number of hydrogen-bond acceptors (Lipinski definition) is 5. The molecule has 0 heterocycles. The van der Waals surface area contributed by atoms with Crippen LogP contribution < -0.4 is 9.62 Å². The lowest BCUT2D eigenvalue weighted by Crippen LogP contribution is -2.38. The highest BCUT2D eigenvalue weighted by molar-refractivity contribution is 9.10. The monoisotopic (exact) mass is 550 g/mol. The average molecular weight is 552 g/mol. The first-order valence-corrected chi connectivity index (χ1v) is 12.4. The van der Waals surface area contributed by atoms with E-state index in [4.69, 9.17) is 16.3 Å². The van der Waals surface area contributed by atoms with E-state index >= 15 is 0 Å². The van der Waals surface area contributed by atoms with Crippen LogP contribution in [0.3, 0.4) is 0 Å². The van der Waals surface area contributed by atoms with Gasteiger partial charge in [0.2, 0.25) is 5.91 Å². The lowest BCUT2D eigenvalue weighted by Gasteiger charge is -2.24. The Hall–Kier alpha value is -2.88. The van der Waals surface area contributed by atoms with Crippen molar-refractivity contribution in [2.75, 3.05) is 22.8 Å². The van der Waals surface area contributed by atoms with Gasteiger partial charge in [0.25, 0.3) is 10.0 Å². The number of rotatable bonds is 8. The Bertz CT molecular complexity index is 1270. The zero-order valence-electron chi connectivity index (χ0n) is 17.5. The third kappa shape index (κ3) is 6.13. The summed E-state index contributed by atoms with van der Waals surface area (Å²) in [6, 6.07) is 18.8. The minimum Gasteiger partial charge on any atom is -0.462 e. The molecule has 0 bridgehead atoms. The van der Waals surface area contributed by atoms with Crippen LogP contribution in [-0.2, 0) is 19.6 Å². The van der Waals surface area contributed by atoms with Crippen molar-refractivity contribution in [2.45, 2.75) is 11.8 Å². The number of benzene rings is 3. The summed E-state index contributed by atoms with van der Waals surface area (Å²) in [5.74, 6) is -1.16. The number of anilines is 2. The van der Waals surface area contributed by atoms with E-state index in [1.807, 2.05) is 0 Å². The van der Waals surface area contributed by atoms with Crippen molar-refractivity contribution in [1.29, 1.82) is 0 Å². The molecule has 0 atom stereocenters. The molecule has 10 heteroatoms. The number of amides is 1. The minimum atomic E-state index is -4.03.